The highest BCUT2D eigenvalue weighted by molar-refractivity contribution is 5.90. The van der Waals surface area contributed by atoms with E-state index in [2.05, 4.69) is 4.98 Å². The number of carbonyl (C=O) groups excluding carboxylic acids is 1. The van der Waals surface area contributed by atoms with E-state index in [1.807, 2.05) is 6.07 Å². The van der Waals surface area contributed by atoms with Crippen LogP contribution in [-0.2, 0) is 11.3 Å². The topological polar surface area (TPSA) is 79.7 Å². The van der Waals surface area contributed by atoms with Crippen molar-refractivity contribution >= 4 is 16.9 Å². The second kappa shape index (κ2) is 6.87. The van der Waals surface area contributed by atoms with Crippen LogP contribution in [0, 0.1) is 0 Å². The molecule has 0 bridgehead atoms. The van der Waals surface area contributed by atoms with Crippen LogP contribution in [0.25, 0.3) is 10.9 Å². The van der Waals surface area contributed by atoms with Crippen molar-refractivity contribution in [2.75, 3.05) is 19.8 Å². The maximum atomic E-state index is 12.4. The molecule has 26 heavy (non-hydrogen) atoms. The highest BCUT2D eigenvalue weighted by Gasteiger charge is 2.15. The Morgan fingerprint density at radius 1 is 1.12 bits per heavy atom. The summed E-state index contributed by atoms with van der Waals surface area (Å²) < 4.78 is 17.6. The smallest absolute Gasteiger partial charge is 0.338 e. The van der Waals surface area contributed by atoms with Crippen molar-refractivity contribution in [1.82, 2.24) is 9.55 Å². The van der Waals surface area contributed by atoms with E-state index in [-0.39, 0.29) is 18.7 Å². The SMILES string of the molecule is O=C(OCCn1cnc2ccccc2c1=O)c1ccc2c(c1)OCCO2. The molecule has 2 aromatic carbocycles. The fourth-order valence-electron chi connectivity index (χ4n) is 2.76. The molecule has 4 rings (SSSR count). The molecule has 132 valence electrons. The van der Waals surface area contributed by atoms with Gasteiger partial charge in [-0.1, -0.05) is 12.1 Å². The molecule has 7 nitrogen and oxygen atoms in total. The van der Waals surface area contributed by atoms with Gasteiger partial charge < -0.3 is 14.2 Å². The number of carbonyl (C=O) groups is 1. The van der Waals surface area contributed by atoms with E-state index in [1.54, 1.807) is 36.4 Å². The summed E-state index contributed by atoms with van der Waals surface area (Å²) in [6.45, 7) is 1.23. The van der Waals surface area contributed by atoms with Crippen LogP contribution >= 0.6 is 0 Å². The summed E-state index contributed by atoms with van der Waals surface area (Å²) in [7, 11) is 0. The van der Waals surface area contributed by atoms with E-state index in [0.29, 0.717) is 41.2 Å². The Balaban J connectivity index is 1.42. The summed E-state index contributed by atoms with van der Waals surface area (Å²) in [5.41, 5.74) is 0.853. The number of benzene rings is 2. The number of rotatable bonds is 4. The molecule has 0 N–H and O–H groups in total. The van der Waals surface area contributed by atoms with Gasteiger partial charge in [-0.05, 0) is 30.3 Å². The largest absolute Gasteiger partial charge is 0.486 e. The molecule has 7 heteroatoms. The molecule has 0 atom stereocenters. The number of para-hydroxylation sites is 1. The molecule has 0 unspecified atom stereocenters. The van der Waals surface area contributed by atoms with Crippen LogP contribution in [0.1, 0.15) is 10.4 Å². The number of hydrogen-bond acceptors (Lipinski definition) is 6. The lowest BCUT2D eigenvalue weighted by molar-refractivity contribution is 0.0489. The van der Waals surface area contributed by atoms with E-state index in [4.69, 9.17) is 14.2 Å². The maximum absolute atomic E-state index is 12.4. The van der Waals surface area contributed by atoms with Crippen LogP contribution in [0.4, 0.5) is 0 Å². The van der Waals surface area contributed by atoms with Gasteiger partial charge in [-0.2, -0.15) is 0 Å². The Kier molecular flexibility index (Phi) is 4.27. The van der Waals surface area contributed by atoms with Gasteiger partial charge in [0.2, 0.25) is 0 Å². The summed E-state index contributed by atoms with van der Waals surface area (Å²) in [5.74, 6) is 0.658. The maximum Gasteiger partial charge on any atom is 0.338 e. The van der Waals surface area contributed by atoms with E-state index in [0.717, 1.165) is 0 Å². The lowest BCUT2D eigenvalue weighted by Crippen LogP contribution is -2.23. The standard InChI is InChI=1S/C19H16N2O5/c22-18-14-3-1-2-4-15(14)20-12-21(18)7-8-26-19(23)13-5-6-16-17(11-13)25-10-9-24-16/h1-6,11-12H,7-10H2. The number of aromatic nitrogens is 2. The predicted octanol–water partition coefficient (Wildman–Crippen LogP) is 2.02. The Labute approximate surface area is 148 Å². The number of hydrogen-bond donors (Lipinski definition) is 0. The van der Waals surface area contributed by atoms with Crippen LogP contribution in [0.3, 0.4) is 0 Å². The zero-order chi connectivity index (χ0) is 17.9. The molecule has 0 saturated carbocycles. The molecule has 0 radical (unpaired) electrons. The monoisotopic (exact) mass is 352 g/mol. The fraction of sp³-hybridized carbons (Fsp3) is 0.211. The summed E-state index contributed by atoms with van der Waals surface area (Å²) in [6.07, 6.45) is 1.46. The quantitative estimate of drug-likeness (QED) is 0.669. The van der Waals surface area contributed by atoms with Crippen molar-refractivity contribution in [3.63, 3.8) is 0 Å². The van der Waals surface area contributed by atoms with Gasteiger partial charge in [0.25, 0.3) is 5.56 Å². The van der Waals surface area contributed by atoms with Crippen LogP contribution in [-0.4, -0.2) is 35.3 Å². The van der Waals surface area contributed by atoms with Gasteiger partial charge >= 0.3 is 5.97 Å². The highest BCUT2D eigenvalue weighted by Crippen LogP contribution is 2.30. The Morgan fingerprint density at radius 2 is 1.92 bits per heavy atom. The first-order chi connectivity index (χ1) is 12.7. The molecule has 2 heterocycles. The van der Waals surface area contributed by atoms with Gasteiger partial charge in [0.15, 0.2) is 11.5 Å². The zero-order valence-corrected chi connectivity index (χ0v) is 13.9. The molecule has 0 spiro atoms. The molecule has 0 aliphatic carbocycles. The highest BCUT2D eigenvalue weighted by atomic mass is 16.6. The Bertz CT molecular complexity index is 1030. The van der Waals surface area contributed by atoms with Crippen molar-refractivity contribution in [2.24, 2.45) is 0 Å². The number of ether oxygens (including phenoxy) is 3. The lowest BCUT2D eigenvalue weighted by atomic mass is 10.2. The van der Waals surface area contributed by atoms with Gasteiger partial charge in [0, 0.05) is 0 Å². The Hall–Kier alpha value is -3.35. The van der Waals surface area contributed by atoms with Gasteiger partial charge in [-0.15, -0.1) is 0 Å². The first kappa shape index (κ1) is 16.1. The first-order valence-electron chi connectivity index (χ1n) is 8.23. The van der Waals surface area contributed by atoms with E-state index < -0.39 is 5.97 Å². The number of nitrogens with zero attached hydrogens (tertiary/aromatic N) is 2. The number of esters is 1. The molecule has 3 aromatic rings. The van der Waals surface area contributed by atoms with Crippen molar-refractivity contribution in [3.05, 3.63) is 64.7 Å². The van der Waals surface area contributed by atoms with Gasteiger partial charge in [0.05, 0.1) is 29.3 Å². The third-order valence-electron chi connectivity index (χ3n) is 4.07. The van der Waals surface area contributed by atoms with Gasteiger partial charge in [-0.25, -0.2) is 9.78 Å². The van der Waals surface area contributed by atoms with Crippen LogP contribution in [0.15, 0.2) is 53.6 Å². The third kappa shape index (κ3) is 3.11. The van der Waals surface area contributed by atoms with Crippen LogP contribution in [0.5, 0.6) is 11.5 Å². The summed E-state index contributed by atoms with van der Waals surface area (Å²) >= 11 is 0. The number of fused-ring (bicyclic) bond motifs is 2. The van der Waals surface area contributed by atoms with Crippen molar-refractivity contribution in [2.45, 2.75) is 6.54 Å². The predicted molar refractivity (Wildman–Crippen MR) is 93.7 cm³/mol. The van der Waals surface area contributed by atoms with Crippen LogP contribution in [0.2, 0.25) is 0 Å². The molecule has 0 saturated heterocycles. The lowest BCUT2D eigenvalue weighted by Gasteiger charge is -2.18. The summed E-state index contributed by atoms with van der Waals surface area (Å²) in [6, 6.07) is 12.0. The van der Waals surface area contributed by atoms with Gasteiger partial charge in [0.1, 0.15) is 19.8 Å². The minimum atomic E-state index is -0.483. The average Bonchev–Trinajstić information content (AvgIpc) is 2.69. The second-order valence-electron chi connectivity index (χ2n) is 5.75. The fourth-order valence-corrected chi connectivity index (χ4v) is 2.76. The van der Waals surface area contributed by atoms with Crippen LogP contribution < -0.4 is 15.0 Å². The summed E-state index contributed by atoms with van der Waals surface area (Å²) in [5, 5.41) is 0.535. The van der Waals surface area contributed by atoms with Crippen molar-refractivity contribution < 1.29 is 19.0 Å². The van der Waals surface area contributed by atoms with E-state index in [1.165, 1.54) is 10.9 Å². The molecular weight excluding hydrogens is 336 g/mol. The molecular formula is C19H16N2O5. The summed E-state index contributed by atoms with van der Waals surface area (Å²) in [4.78, 5) is 28.8. The average molecular weight is 352 g/mol. The minimum absolute atomic E-state index is 0.0627. The van der Waals surface area contributed by atoms with E-state index in [9.17, 15) is 9.59 Å². The third-order valence-corrected chi connectivity index (χ3v) is 4.07. The molecule has 1 aliphatic heterocycles. The zero-order valence-electron chi connectivity index (χ0n) is 13.9. The molecule has 0 fully saturated rings. The Morgan fingerprint density at radius 3 is 2.81 bits per heavy atom. The minimum Gasteiger partial charge on any atom is -0.486 e. The van der Waals surface area contributed by atoms with E-state index >= 15 is 0 Å². The van der Waals surface area contributed by atoms with Crippen molar-refractivity contribution in [3.8, 4) is 11.5 Å². The molecule has 1 aromatic heterocycles. The second-order valence-corrected chi connectivity index (χ2v) is 5.75. The van der Waals surface area contributed by atoms with Gasteiger partial charge in [-0.3, -0.25) is 9.36 Å². The molecule has 1 aliphatic rings. The molecule has 0 amide bonds. The normalized spacial score (nSPS) is 12.8. The first-order valence-corrected chi connectivity index (χ1v) is 8.23. The van der Waals surface area contributed by atoms with Crippen molar-refractivity contribution in [1.29, 1.82) is 0 Å².